The first-order valence-corrected chi connectivity index (χ1v) is 5.33. The number of hydrogen-bond acceptors (Lipinski definition) is 4. The molecule has 0 amide bonds. The van der Waals surface area contributed by atoms with Crippen LogP contribution < -0.4 is 0 Å². The number of aryl methyl sites for hydroxylation is 2. The highest BCUT2D eigenvalue weighted by Gasteiger charge is 2.13. The number of carbonyl (C=O) groups is 1. The van der Waals surface area contributed by atoms with Gasteiger partial charge >= 0.3 is 5.97 Å². The molecule has 1 aromatic rings. The smallest absolute Gasteiger partial charge is 0.316 e. The van der Waals surface area contributed by atoms with Crippen LogP contribution in [0, 0.1) is 13.8 Å². The van der Waals surface area contributed by atoms with E-state index in [1.165, 1.54) is 11.8 Å². The third-order valence-corrected chi connectivity index (χ3v) is 2.99. The number of carboxylic acid groups (broad SMARTS) is 1. The molecule has 0 aliphatic rings. The van der Waals surface area contributed by atoms with Gasteiger partial charge in [-0.1, -0.05) is 0 Å². The molecule has 14 heavy (non-hydrogen) atoms. The molecule has 0 bridgehead atoms. The number of thioether (sulfide) groups is 1. The van der Waals surface area contributed by atoms with Gasteiger partial charge in [0.15, 0.2) is 0 Å². The second-order valence-corrected chi connectivity index (χ2v) is 4.37. The molecule has 78 valence electrons. The van der Waals surface area contributed by atoms with Crippen molar-refractivity contribution in [1.29, 1.82) is 0 Å². The van der Waals surface area contributed by atoms with E-state index in [-0.39, 0.29) is 0 Å². The molecule has 4 nitrogen and oxygen atoms in total. The molecule has 1 heterocycles. The maximum absolute atomic E-state index is 10.5. The van der Waals surface area contributed by atoms with E-state index < -0.39 is 11.2 Å². The van der Waals surface area contributed by atoms with Gasteiger partial charge in [0.25, 0.3) is 0 Å². The van der Waals surface area contributed by atoms with E-state index in [9.17, 15) is 4.79 Å². The van der Waals surface area contributed by atoms with E-state index in [2.05, 4.69) is 4.98 Å². The molecule has 0 saturated heterocycles. The van der Waals surface area contributed by atoms with Gasteiger partial charge in [-0.2, -0.15) is 0 Å². The topological polar surface area (TPSA) is 63.3 Å². The van der Waals surface area contributed by atoms with Gasteiger partial charge in [0.1, 0.15) is 5.76 Å². The zero-order valence-corrected chi connectivity index (χ0v) is 9.22. The summed E-state index contributed by atoms with van der Waals surface area (Å²) in [5, 5.41) is 8.22. The minimum absolute atomic E-state index is 0.428. The van der Waals surface area contributed by atoms with E-state index in [1.807, 2.05) is 13.8 Å². The number of oxazole rings is 1. The summed E-state index contributed by atoms with van der Waals surface area (Å²) in [6.07, 6.45) is 0. The van der Waals surface area contributed by atoms with E-state index in [1.54, 1.807) is 6.92 Å². The van der Waals surface area contributed by atoms with Crippen LogP contribution >= 0.6 is 11.8 Å². The molecule has 0 aliphatic carbocycles. The minimum atomic E-state index is -0.810. The summed E-state index contributed by atoms with van der Waals surface area (Å²) >= 11 is 1.30. The van der Waals surface area contributed by atoms with Crippen LogP contribution in [0.3, 0.4) is 0 Å². The van der Waals surface area contributed by atoms with Crippen LogP contribution in [0.15, 0.2) is 4.42 Å². The average molecular weight is 215 g/mol. The largest absolute Gasteiger partial charge is 0.480 e. The summed E-state index contributed by atoms with van der Waals surface area (Å²) < 4.78 is 5.32. The molecule has 1 N–H and O–H groups in total. The first-order chi connectivity index (χ1) is 6.50. The van der Waals surface area contributed by atoms with E-state index in [0.717, 1.165) is 11.5 Å². The molecule has 1 unspecified atom stereocenters. The Bertz CT molecular complexity index is 315. The molecule has 0 aromatic carbocycles. The summed E-state index contributed by atoms with van der Waals surface area (Å²) in [4.78, 5) is 14.7. The lowest BCUT2D eigenvalue weighted by molar-refractivity contribution is -0.136. The SMILES string of the molecule is Cc1nc(CSC(C)C(=O)O)oc1C. The number of nitrogens with zero attached hydrogens (tertiary/aromatic N) is 1. The lowest BCUT2D eigenvalue weighted by atomic mass is 10.4. The Kier molecular flexibility index (Phi) is 3.57. The summed E-state index contributed by atoms with van der Waals surface area (Å²) in [7, 11) is 0. The summed E-state index contributed by atoms with van der Waals surface area (Å²) in [6.45, 7) is 5.36. The molecule has 0 fully saturated rings. The fourth-order valence-corrected chi connectivity index (χ4v) is 1.53. The van der Waals surface area contributed by atoms with Crippen LogP contribution in [0.25, 0.3) is 0 Å². The van der Waals surface area contributed by atoms with Gasteiger partial charge in [0.05, 0.1) is 16.7 Å². The summed E-state index contributed by atoms with van der Waals surface area (Å²) in [6, 6.07) is 0. The molecule has 5 heteroatoms. The highest BCUT2D eigenvalue weighted by molar-refractivity contribution is 7.99. The van der Waals surface area contributed by atoms with Crippen molar-refractivity contribution >= 4 is 17.7 Å². The predicted octanol–water partition coefficient (Wildman–Crippen LogP) is 2.00. The van der Waals surface area contributed by atoms with Crippen LogP contribution in [0.2, 0.25) is 0 Å². The van der Waals surface area contributed by atoms with Crippen molar-refractivity contribution < 1.29 is 14.3 Å². The highest BCUT2D eigenvalue weighted by atomic mass is 32.2. The second-order valence-electron chi connectivity index (χ2n) is 3.04. The number of aliphatic carboxylic acids is 1. The maximum Gasteiger partial charge on any atom is 0.316 e. The predicted molar refractivity (Wildman–Crippen MR) is 54.4 cm³/mol. The molecule has 0 radical (unpaired) electrons. The number of aromatic nitrogens is 1. The second kappa shape index (κ2) is 4.50. The van der Waals surface area contributed by atoms with Crippen LogP contribution in [0.5, 0.6) is 0 Å². The number of carboxylic acids is 1. The Labute approximate surface area is 86.7 Å². The summed E-state index contributed by atoms with van der Waals surface area (Å²) in [5.74, 6) is 1.08. The normalized spacial score (nSPS) is 12.8. The molecular weight excluding hydrogens is 202 g/mol. The standard InChI is InChI=1S/C9H13NO3S/c1-5-6(2)13-8(10-5)4-14-7(3)9(11)12/h7H,4H2,1-3H3,(H,11,12). The van der Waals surface area contributed by atoms with Crippen LogP contribution in [0.4, 0.5) is 0 Å². The molecule has 0 spiro atoms. The lowest BCUT2D eigenvalue weighted by Crippen LogP contribution is -2.11. The van der Waals surface area contributed by atoms with Crippen molar-refractivity contribution in [1.82, 2.24) is 4.98 Å². The van der Waals surface area contributed by atoms with Crippen molar-refractivity contribution in [2.24, 2.45) is 0 Å². The fraction of sp³-hybridized carbons (Fsp3) is 0.556. The van der Waals surface area contributed by atoms with E-state index in [0.29, 0.717) is 11.6 Å². The van der Waals surface area contributed by atoms with Crippen molar-refractivity contribution in [3.8, 4) is 0 Å². The Morgan fingerprint density at radius 1 is 1.64 bits per heavy atom. The third-order valence-electron chi connectivity index (χ3n) is 1.88. The van der Waals surface area contributed by atoms with E-state index >= 15 is 0 Å². The van der Waals surface area contributed by atoms with Gasteiger partial charge in [-0.3, -0.25) is 4.79 Å². The fourth-order valence-electron chi connectivity index (χ4n) is 0.868. The van der Waals surface area contributed by atoms with Gasteiger partial charge in [-0.25, -0.2) is 4.98 Å². The first-order valence-electron chi connectivity index (χ1n) is 4.28. The van der Waals surface area contributed by atoms with Crippen LogP contribution in [0.1, 0.15) is 24.3 Å². The van der Waals surface area contributed by atoms with E-state index in [4.69, 9.17) is 9.52 Å². The lowest BCUT2D eigenvalue weighted by Gasteiger charge is -2.02. The Balaban J connectivity index is 2.50. The zero-order chi connectivity index (χ0) is 10.7. The zero-order valence-electron chi connectivity index (χ0n) is 8.40. The van der Waals surface area contributed by atoms with Gasteiger partial charge < -0.3 is 9.52 Å². The average Bonchev–Trinajstić information content (AvgIpc) is 2.42. The Morgan fingerprint density at radius 2 is 2.29 bits per heavy atom. The minimum Gasteiger partial charge on any atom is -0.480 e. The molecular formula is C9H13NO3S. The third kappa shape index (κ3) is 2.77. The van der Waals surface area contributed by atoms with Crippen molar-refractivity contribution in [2.75, 3.05) is 0 Å². The molecule has 0 aliphatic heterocycles. The van der Waals surface area contributed by atoms with Crippen LogP contribution in [-0.4, -0.2) is 21.3 Å². The highest BCUT2D eigenvalue weighted by Crippen LogP contribution is 2.19. The van der Waals surface area contributed by atoms with Crippen LogP contribution in [-0.2, 0) is 10.5 Å². The maximum atomic E-state index is 10.5. The van der Waals surface area contributed by atoms with Crippen molar-refractivity contribution in [2.45, 2.75) is 31.8 Å². The van der Waals surface area contributed by atoms with Gasteiger partial charge in [-0.15, -0.1) is 11.8 Å². The quantitative estimate of drug-likeness (QED) is 0.832. The van der Waals surface area contributed by atoms with Crippen molar-refractivity contribution in [3.63, 3.8) is 0 Å². The molecule has 1 atom stereocenters. The monoisotopic (exact) mass is 215 g/mol. The van der Waals surface area contributed by atoms with Gasteiger partial charge in [0.2, 0.25) is 5.89 Å². The molecule has 1 aromatic heterocycles. The number of rotatable bonds is 4. The summed E-state index contributed by atoms with van der Waals surface area (Å²) in [5.41, 5.74) is 0.864. The van der Waals surface area contributed by atoms with Crippen molar-refractivity contribution in [3.05, 3.63) is 17.3 Å². The number of hydrogen-bond donors (Lipinski definition) is 1. The Morgan fingerprint density at radius 3 is 2.71 bits per heavy atom. The molecule has 1 rings (SSSR count). The van der Waals surface area contributed by atoms with Gasteiger partial charge in [-0.05, 0) is 20.8 Å². The van der Waals surface area contributed by atoms with Gasteiger partial charge in [0, 0.05) is 0 Å². The first kappa shape index (κ1) is 11.1. The molecule has 0 saturated carbocycles. The Hall–Kier alpha value is -0.970.